The van der Waals surface area contributed by atoms with Gasteiger partial charge in [-0.25, -0.2) is 4.98 Å². The van der Waals surface area contributed by atoms with E-state index in [1.807, 2.05) is 25.1 Å². The van der Waals surface area contributed by atoms with Gasteiger partial charge < -0.3 is 20.7 Å². The number of carbonyl (C=O) groups excluding carboxylic acids is 1. The maximum absolute atomic E-state index is 12.0. The van der Waals surface area contributed by atoms with Gasteiger partial charge in [0.05, 0.1) is 6.61 Å². The number of ether oxygens (including phenoxy) is 1. The topological polar surface area (TPSA) is 87.6 Å². The van der Waals surface area contributed by atoms with Crippen molar-refractivity contribution < 1.29 is 9.53 Å². The molecular weight excluding hydrogens is 354 g/mol. The van der Waals surface area contributed by atoms with Gasteiger partial charge in [0.2, 0.25) is 5.91 Å². The molecule has 1 aliphatic heterocycles. The number of nitrogens with zero attached hydrogens (tertiary/aromatic N) is 2. The fourth-order valence-corrected chi connectivity index (χ4v) is 3.05. The number of hydrogen-bond acceptors (Lipinski definition) is 4. The summed E-state index contributed by atoms with van der Waals surface area (Å²) in [6.45, 7) is 3.93. The number of aromatic nitrogens is 1. The number of amides is 1. The molecule has 0 fully saturated rings. The summed E-state index contributed by atoms with van der Waals surface area (Å²) in [6, 6.07) is 11.9. The van der Waals surface area contributed by atoms with Crippen molar-refractivity contribution in [3.8, 4) is 5.75 Å². The van der Waals surface area contributed by atoms with E-state index < -0.39 is 0 Å². The molecule has 7 heteroatoms. The molecule has 0 unspecified atom stereocenters. The van der Waals surface area contributed by atoms with E-state index >= 15 is 0 Å². The maximum atomic E-state index is 12.0. The lowest BCUT2D eigenvalue weighted by molar-refractivity contribution is -0.116. The molecule has 0 saturated heterocycles. The highest BCUT2D eigenvalue weighted by atomic mass is 16.5. The van der Waals surface area contributed by atoms with Gasteiger partial charge in [-0.1, -0.05) is 18.2 Å². The van der Waals surface area contributed by atoms with Gasteiger partial charge in [0.1, 0.15) is 11.6 Å². The van der Waals surface area contributed by atoms with E-state index in [0.717, 1.165) is 37.4 Å². The van der Waals surface area contributed by atoms with Crippen molar-refractivity contribution in [2.75, 3.05) is 32.1 Å². The van der Waals surface area contributed by atoms with Crippen molar-refractivity contribution in [3.63, 3.8) is 0 Å². The summed E-state index contributed by atoms with van der Waals surface area (Å²) >= 11 is 0. The van der Waals surface area contributed by atoms with E-state index in [2.05, 4.69) is 38.1 Å². The van der Waals surface area contributed by atoms with Crippen LogP contribution in [0.25, 0.3) is 0 Å². The highest BCUT2D eigenvalue weighted by molar-refractivity contribution is 5.90. The van der Waals surface area contributed by atoms with Gasteiger partial charge in [0.25, 0.3) is 0 Å². The Labute approximate surface area is 165 Å². The maximum Gasteiger partial charge on any atom is 0.227 e. The summed E-state index contributed by atoms with van der Waals surface area (Å²) in [5.74, 6) is 2.19. The monoisotopic (exact) mass is 381 g/mol. The van der Waals surface area contributed by atoms with Crippen LogP contribution >= 0.6 is 0 Å². The molecule has 2 aromatic rings. The molecule has 0 aliphatic carbocycles. The van der Waals surface area contributed by atoms with Crippen molar-refractivity contribution in [2.45, 2.75) is 26.2 Å². The molecular formula is C21H27N5O2. The molecule has 0 spiro atoms. The van der Waals surface area contributed by atoms with Gasteiger partial charge in [-0.3, -0.25) is 9.79 Å². The first-order valence-corrected chi connectivity index (χ1v) is 9.56. The second-order valence-electron chi connectivity index (χ2n) is 6.68. The van der Waals surface area contributed by atoms with E-state index in [-0.39, 0.29) is 5.91 Å². The number of benzene rings is 1. The summed E-state index contributed by atoms with van der Waals surface area (Å²) in [4.78, 5) is 20.5. The lowest BCUT2D eigenvalue weighted by Crippen LogP contribution is -2.39. The number of carbonyl (C=O) groups is 1. The lowest BCUT2D eigenvalue weighted by Gasteiger charge is -2.12. The van der Waals surface area contributed by atoms with Gasteiger partial charge in [0, 0.05) is 38.7 Å². The number of fused-ring (bicyclic) bond motifs is 1. The number of aliphatic imine (C=N–C) groups is 1. The molecule has 0 bridgehead atoms. The normalized spacial score (nSPS) is 12.9. The van der Waals surface area contributed by atoms with Crippen LogP contribution in [0.15, 0.2) is 41.4 Å². The molecule has 0 saturated carbocycles. The number of rotatable bonds is 7. The van der Waals surface area contributed by atoms with Crippen LogP contribution in [0, 0.1) is 6.92 Å². The standard InChI is InChI=1S/C21H27N5O2/c1-15-4-3-5-19(25-15)26-20(27)9-12-24-21(22-2)23-11-8-16-6-7-18-17(14-16)10-13-28-18/h3-7,14H,8-13H2,1-2H3,(H2,22,23,24)(H,25,26,27). The van der Waals surface area contributed by atoms with Gasteiger partial charge in [-0.05, 0) is 42.7 Å². The Kier molecular flexibility index (Phi) is 6.84. The summed E-state index contributed by atoms with van der Waals surface area (Å²) in [6.07, 6.45) is 2.22. The number of pyridine rings is 1. The van der Waals surface area contributed by atoms with Crippen molar-refractivity contribution in [1.82, 2.24) is 15.6 Å². The molecule has 2 heterocycles. The zero-order valence-corrected chi connectivity index (χ0v) is 16.4. The van der Waals surface area contributed by atoms with E-state index in [1.54, 1.807) is 13.1 Å². The number of anilines is 1. The Morgan fingerprint density at radius 2 is 2.07 bits per heavy atom. The quantitative estimate of drug-likeness (QED) is 0.505. The Morgan fingerprint density at radius 3 is 2.89 bits per heavy atom. The molecule has 3 rings (SSSR count). The van der Waals surface area contributed by atoms with Gasteiger partial charge >= 0.3 is 0 Å². The van der Waals surface area contributed by atoms with Crippen molar-refractivity contribution in [3.05, 3.63) is 53.2 Å². The predicted octanol–water partition coefficient (Wildman–Crippen LogP) is 2.06. The minimum atomic E-state index is -0.0820. The molecule has 148 valence electrons. The van der Waals surface area contributed by atoms with Crippen LogP contribution in [-0.2, 0) is 17.6 Å². The molecule has 0 radical (unpaired) electrons. The first-order valence-electron chi connectivity index (χ1n) is 9.56. The molecule has 0 atom stereocenters. The van der Waals surface area contributed by atoms with Crippen molar-refractivity contribution in [1.29, 1.82) is 0 Å². The first kappa shape index (κ1) is 19.7. The van der Waals surface area contributed by atoms with Crippen LogP contribution in [0.4, 0.5) is 5.82 Å². The summed E-state index contributed by atoms with van der Waals surface area (Å²) in [5, 5.41) is 9.24. The average molecular weight is 381 g/mol. The minimum Gasteiger partial charge on any atom is -0.493 e. The van der Waals surface area contributed by atoms with Gasteiger partial charge in [-0.2, -0.15) is 0 Å². The highest BCUT2D eigenvalue weighted by Gasteiger charge is 2.11. The molecule has 7 nitrogen and oxygen atoms in total. The largest absolute Gasteiger partial charge is 0.493 e. The summed E-state index contributed by atoms with van der Waals surface area (Å²) in [7, 11) is 1.72. The number of hydrogen-bond donors (Lipinski definition) is 3. The van der Waals surface area contributed by atoms with Gasteiger partial charge in [-0.15, -0.1) is 0 Å². The second kappa shape index (κ2) is 9.73. The molecule has 3 N–H and O–H groups in total. The van der Waals surface area contributed by atoms with E-state index in [1.165, 1.54) is 11.1 Å². The molecule has 1 aromatic carbocycles. The highest BCUT2D eigenvalue weighted by Crippen LogP contribution is 2.25. The summed E-state index contributed by atoms with van der Waals surface area (Å²) < 4.78 is 5.54. The zero-order chi connectivity index (χ0) is 19.8. The lowest BCUT2D eigenvalue weighted by atomic mass is 10.1. The van der Waals surface area contributed by atoms with Gasteiger partial charge in [0.15, 0.2) is 5.96 Å². The summed E-state index contributed by atoms with van der Waals surface area (Å²) in [5.41, 5.74) is 3.43. The first-order chi connectivity index (χ1) is 13.6. The van der Waals surface area contributed by atoms with E-state index in [9.17, 15) is 4.79 Å². The van der Waals surface area contributed by atoms with Crippen LogP contribution in [0.5, 0.6) is 5.75 Å². The zero-order valence-electron chi connectivity index (χ0n) is 16.4. The molecule has 28 heavy (non-hydrogen) atoms. The third-order valence-electron chi connectivity index (χ3n) is 4.48. The molecule has 1 aromatic heterocycles. The van der Waals surface area contributed by atoms with Crippen LogP contribution in [0.3, 0.4) is 0 Å². The smallest absolute Gasteiger partial charge is 0.227 e. The fraction of sp³-hybridized carbons (Fsp3) is 0.381. The Balaban J connectivity index is 1.36. The third kappa shape index (κ3) is 5.70. The minimum absolute atomic E-state index is 0.0820. The SMILES string of the molecule is CN=C(NCCC(=O)Nc1cccc(C)n1)NCCc1ccc2c(c1)CCO2. The third-order valence-corrected chi connectivity index (χ3v) is 4.48. The number of aryl methyl sites for hydroxylation is 1. The predicted molar refractivity (Wildman–Crippen MR) is 111 cm³/mol. The second-order valence-corrected chi connectivity index (χ2v) is 6.68. The van der Waals surface area contributed by atoms with E-state index in [4.69, 9.17) is 4.74 Å². The van der Waals surface area contributed by atoms with E-state index in [0.29, 0.717) is 24.7 Å². The Hall–Kier alpha value is -3.09. The average Bonchev–Trinajstić information content (AvgIpc) is 3.14. The number of guanidine groups is 1. The van der Waals surface area contributed by atoms with Crippen LogP contribution in [0.1, 0.15) is 23.2 Å². The fourth-order valence-electron chi connectivity index (χ4n) is 3.05. The number of nitrogens with one attached hydrogen (secondary N) is 3. The van der Waals surface area contributed by atoms with Crippen molar-refractivity contribution in [2.24, 2.45) is 4.99 Å². The molecule has 1 amide bonds. The Morgan fingerprint density at radius 1 is 1.21 bits per heavy atom. The molecule has 1 aliphatic rings. The van der Waals surface area contributed by atoms with Crippen LogP contribution < -0.4 is 20.7 Å². The van der Waals surface area contributed by atoms with Crippen LogP contribution in [-0.4, -0.2) is 43.6 Å². The Bertz CT molecular complexity index is 850. The van der Waals surface area contributed by atoms with Crippen LogP contribution in [0.2, 0.25) is 0 Å². The van der Waals surface area contributed by atoms with Crippen molar-refractivity contribution >= 4 is 17.7 Å².